The SMILES string of the molecule is COc1cccnc1NCC(O)CC(C)(C)C. The van der Waals surface area contributed by atoms with Gasteiger partial charge in [-0.2, -0.15) is 0 Å². The van der Waals surface area contributed by atoms with Crippen LogP contribution in [0.15, 0.2) is 18.3 Å². The molecule has 0 aromatic carbocycles. The number of ether oxygens (including phenoxy) is 1. The van der Waals surface area contributed by atoms with Crippen LogP contribution < -0.4 is 10.1 Å². The first-order valence-corrected chi connectivity index (χ1v) is 5.83. The van der Waals surface area contributed by atoms with Gasteiger partial charge in [0.1, 0.15) is 0 Å². The van der Waals surface area contributed by atoms with Gasteiger partial charge in [0.2, 0.25) is 0 Å². The zero-order valence-electron chi connectivity index (χ0n) is 11.0. The summed E-state index contributed by atoms with van der Waals surface area (Å²) in [6.07, 6.45) is 2.05. The number of hydrogen-bond donors (Lipinski definition) is 2. The van der Waals surface area contributed by atoms with Gasteiger partial charge in [-0.3, -0.25) is 0 Å². The average molecular weight is 238 g/mol. The second-order valence-corrected chi connectivity index (χ2v) is 5.35. The number of hydrogen-bond acceptors (Lipinski definition) is 4. The van der Waals surface area contributed by atoms with Crippen LogP contribution in [0.3, 0.4) is 0 Å². The summed E-state index contributed by atoms with van der Waals surface area (Å²) in [4.78, 5) is 4.17. The van der Waals surface area contributed by atoms with Crippen LogP contribution in [0.4, 0.5) is 5.82 Å². The average Bonchev–Trinajstić information content (AvgIpc) is 2.24. The number of anilines is 1. The fraction of sp³-hybridized carbons (Fsp3) is 0.615. The van der Waals surface area contributed by atoms with E-state index in [1.54, 1.807) is 13.3 Å². The van der Waals surface area contributed by atoms with Gasteiger partial charge in [0.05, 0.1) is 13.2 Å². The predicted molar refractivity (Wildman–Crippen MR) is 69.4 cm³/mol. The molecule has 1 heterocycles. The van der Waals surface area contributed by atoms with E-state index >= 15 is 0 Å². The van der Waals surface area contributed by atoms with Crippen molar-refractivity contribution in [3.05, 3.63) is 18.3 Å². The topological polar surface area (TPSA) is 54.4 Å². The minimum absolute atomic E-state index is 0.120. The Bertz CT molecular complexity index is 348. The summed E-state index contributed by atoms with van der Waals surface area (Å²) >= 11 is 0. The second kappa shape index (κ2) is 5.87. The maximum atomic E-state index is 9.88. The fourth-order valence-electron chi connectivity index (χ4n) is 1.68. The quantitative estimate of drug-likeness (QED) is 0.826. The molecular weight excluding hydrogens is 216 g/mol. The Labute approximate surface area is 103 Å². The van der Waals surface area contributed by atoms with Gasteiger partial charge in [-0.15, -0.1) is 0 Å². The Morgan fingerprint density at radius 3 is 2.76 bits per heavy atom. The zero-order valence-corrected chi connectivity index (χ0v) is 11.0. The van der Waals surface area contributed by atoms with Crippen molar-refractivity contribution in [2.24, 2.45) is 5.41 Å². The van der Waals surface area contributed by atoms with Crippen LogP contribution in [-0.2, 0) is 0 Å². The van der Waals surface area contributed by atoms with Crippen molar-refractivity contribution in [1.29, 1.82) is 0 Å². The largest absolute Gasteiger partial charge is 0.493 e. The first-order chi connectivity index (χ1) is 7.92. The maximum absolute atomic E-state index is 9.88. The molecule has 0 radical (unpaired) electrons. The standard InChI is InChI=1S/C13H22N2O2/c1-13(2,3)8-10(16)9-15-12-11(17-4)6-5-7-14-12/h5-7,10,16H,8-9H2,1-4H3,(H,14,15). The summed E-state index contributed by atoms with van der Waals surface area (Å²) in [5, 5.41) is 13.0. The Morgan fingerprint density at radius 1 is 1.47 bits per heavy atom. The molecular formula is C13H22N2O2. The lowest BCUT2D eigenvalue weighted by Gasteiger charge is -2.22. The van der Waals surface area contributed by atoms with Crippen LogP contribution in [0.5, 0.6) is 5.75 Å². The van der Waals surface area contributed by atoms with E-state index in [1.807, 2.05) is 12.1 Å². The van der Waals surface area contributed by atoms with Gasteiger partial charge in [-0.05, 0) is 24.0 Å². The van der Waals surface area contributed by atoms with Crippen molar-refractivity contribution >= 4 is 5.82 Å². The Hall–Kier alpha value is -1.29. The van der Waals surface area contributed by atoms with E-state index in [1.165, 1.54) is 0 Å². The summed E-state index contributed by atoms with van der Waals surface area (Å²) < 4.78 is 5.17. The zero-order chi connectivity index (χ0) is 12.9. The van der Waals surface area contributed by atoms with Crippen molar-refractivity contribution in [3.63, 3.8) is 0 Å². The third kappa shape index (κ3) is 5.04. The highest BCUT2D eigenvalue weighted by Crippen LogP contribution is 2.23. The molecule has 4 nitrogen and oxygen atoms in total. The summed E-state index contributed by atoms with van der Waals surface area (Å²) in [6, 6.07) is 3.65. The molecule has 4 heteroatoms. The number of aromatic nitrogens is 1. The number of nitrogens with one attached hydrogen (secondary N) is 1. The van der Waals surface area contributed by atoms with Crippen molar-refractivity contribution in [3.8, 4) is 5.75 Å². The van der Waals surface area contributed by atoms with E-state index < -0.39 is 0 Å². The third-order valence-corrected chi connectivity index (χ3v) is 2.34. The first-order valence-electron chi connectivity index (χ1n) is 5.83. The van der Waals surface area contributed by atoms with Crippen molar-refractivity contribution < 1.29 is 9.84 Å². The summed E-state index contributed by atoms with van der Waals surface area (Å²) in [5.74, 6) is 1.36. The molecule has 1 unspecified atom stereocenters. The van der Waals surface area contributed by atoms with Crippen molar-refractivity contribution in [2.45, 2.75) is 33.3 Å². The smallest absolute Gasteiger partial charge is 0.168 e. The molecule has 0 saturated heterocycles. The molecule has 0 saturated carbocycles. The molecule has 1 atom stereocenters. The van der Waals surface area contributed by atoms with E-state index in [0.717, 1.165) is 6.42 Å². The number of aliphatic hydroxyl groups excluding tert-OH is 1. The number of aliphatic hydroxyl groups is 1. The highest BCUT2D eigenvalue weighted by atomic mass is 16.5. The minimum atomic E-state index is -0.387. The molecule has 0 aliphatic rings. The number of rotatable bonds is 5. The minimum Gasteiger partial charge on any atom is -0.493 e. The van der Waals surface area contributed by atoms with E-state index in [0.29, 0.717) is 18.1 Å². The molecule has 0 fully saturated rings. The molecule has 2 N–H and O–H groups in total. The van der Waals surface area contributed by atoms with Crippen molar-refractivity contribution in [2.75, 3.05) is 19.0 Å². The number of pyridine rings is 1. The fourth-order valence-corrected chi connectivity index (χ4v) is 1.68. The molecule has 1 aromatic heterocycles. The predicted octanol–water partition coefficient (Wildman–Crippen LogP) is 2.30. The first kappa shape index (κ1) is 13.8. The van der Waals surface area contributed by atoms with Gasteiger partial charge in [-0.1, -0.05) is 20.8 Å². The lowest BCUT2D eigenvalue weighted by Crippen LogP contribution is -2.25. The summed E-state index contributed by atoms with van der Waals surface area (Å²) in [5.41, 5.74) is 0.120. The maximum Gasteiger partial charge on any atom is 0.168 e. The van der Waals surface area contributed by atoms with Gasteiger partial charge in [0.15, 0.2) is 11.6 Å². The normalized spacial score (nSPS) is 13.2. The van der Waals surface area contributed by atoms with Gasteiger partial charge >= 0.3 is 0 Å². The monoisotopic (exact) mass is 238 g/mol. The highest BCUT2D eigenvalue weighted by Gasteiger charge is 2.16. The van der Waals surface area contributed by atoms with Gasteiger partial charge in [0, 0.05) is 12.7 Å². The van der Waals surface area contributed by atoms with Crippen LogP contribution >= 0.6 is 0 Å². The van der Waals surface area contributed by atoms with Crippen LogP contribution in [0.2, 0.25) is 0 Å². The molecule has 1 rings (SSSR count). The van der Waals surface area contributed by atoms with E-state index in [-0.39, 0.29) is 11.5 Å². The molecule has 96 valence electrons. The van der Waals surface area contributed by atoms with Gasteiger partial charge in [0.25, 0.3) is 0 Å². The number of nitrogens with zero attached hydrogens (tertiary/aromatic N) is 1. The lowest BCUT2D eigenvalue weighted by molar-refractivity contribution is 0.132. The molecule has 0 aliphatic heterocycles. The molecule has 17 heavy (non-hydrogen) atoms. The lowest BCUT2D eigenvalue weighted by atomic mass is 9.89. The van der Waals surface area contributed by atoms with Gasteiger partial charge < -0.3 is 15.2 Å². The third-order valence-electron chi connectivity index (χ3n) is 2.34. The molecule has 1 aromatic rings. The number of methoxy groups -OCH3 is 1. The summed E-state index contributed by atoms with van der Waals surface area (Å²) in [6.45, 7) is 6.80. The van der Waals surface area contributed by atoms with Crippen LogP contribution in [-0.4, -0.2) is 29.8 Å². The Balaban J connectivity index is 2.50. The summed E-state index contributed by atoms with van der Waals surface area (Å²) in [7, 11) is 1.60. The Kier molecular flexibility index (Phi) is 4.75. The Morgan fingerprint density at radius 2 is 2.18 bits per heavy atom. The van der Waals surface area contributed by atoms with Crippen LogP contribution in [0.25, 0.3) is 0 Å². The molecule has 0 bridgehead atoms. The van der Waals surface area contributed by atoms with Crippen LogP contribution in [0.1, 0.15) is 27.2 Å². The van der Waals surface area contributed by atoms with E-state index in [4.69, 9.17) is 4.74 Å². The van der Waals surface area contributed by atoms with E-state index in [2.05, 4.69) is 31.1 Å². The molecule has 0 spiro atoms. The highest BCUT2D eigenvalue weighted by molar-refractivity contribution is 5.49. The second-order valence-electron chi connectivity index (χ2n) is 5.35. The van der Waals surface area contributed by atoms with Crippen LogP contribution in [0, 0.1) is 5.41 Å². The van der Waals surface area contributed by atoms with Crippen molar-refractivity contribution in [1.82, 2.24) is 4.98 Å². The molecule has 0 aliphatic carbocycles. The molecule has 0 amide bonds. The van der Waals surface area contributed by atoms with E-state index in [9.17, 15) is 5.11 Å². The van der Waals surface area contributed by atoms with Gasteiger partial charge in [-0.25, -0.2) is 4.98 Å².